The van der Waals surface area contributed by atoms with Gasteiger partial charge in [-0.15, -0.1) is 0 Å². The van der Waals surface area contributed by atoms with Crippen LogP contribution in [0.4, 0.5) is 53.9 Å². The molecule has 284 valence electrons. The second-order valence-corrected chi connectivity index (χ2v) is 12.2. The lowest BCUT2D eigenvalue weighted by Crippen LogP contribution is -2.38. The lowest BCUT2D eigenvalue weighted by Gasteiger charge is -2.19. The molecule has 0 aliphatic rings. The van der Waals surface area contributed by atoms with Gasteiger partial charge < -0.3 is 37.1 Å². The summed E-state index contributed by atoms with van der Waals surface area (Å²) in [6, 6.07) is 22.5. The fourth-order valence-corrected chi connectivity index (χ4v) is 4.47. The first-order valence-electron chi connectivity index (χ1n) is 16.2. The van der Waals surface area contributed by atoms with Gasteiger partial charge in [-0.1, -0.05) is 36.4 Å². The number of alkyl halides is 6. The van der Waals surface area contributed by atoms with Crippen LogP contribution in [0.3, 0.4) is 0 Å². The molecule has 0 saturated heterocycles. The Balaban J connectivity index is 0.000000295. The fourth-order valence-electron chi connectivity index (χ4n) is 4.47. The smallest absolute Gasteiger partial charge is 0.416 e. The number of rotatable bonds is 11. The molecule has 4 rings (SSSR count). The normalized spacial score (nSPS) is 11.4. The van der Waals surface area contributed by atoms with Crippen molar-refractivity contribution < 1.29 is 45.5 Å². The maximum atomic E-state index is 12.9. The molecule has 0 heterocycles. The largest absolute Gasteiger partial charge is 0.444 e. The summed E-state index contributed by atoms with van der Waals surface area (Å²) in [5.41, 5.74) is 4.98. The van der Waals surface area contributed by atoms with E-state index in [1.54, 1.807) is 69.3 Å². The molecular weight excluding hydrogens is 706 g/mol. The molecule has 0 atom stereocenters. The number of nitrogens with one attached hydrogen (secondary N) is 5. The van der Waals surface area contributed by atoms with Gasteiger partial charge in [-0.2, -0.15) is 26.3 Å². The van der Waals surface area contributed by atoms with Crippen molar-refractivity contribution in [1.29, 1.82) is 0 Å². The third-order valence-corrected chi connectivity index (χ3v) is 6.79. The van der Waals surface area contributed by atoms with E-state index in [1.807, 2.05) is 0 Å². The molecule has 10 nitrogen and oxygen atoms in total. The SMILES string of the molecule is CC(C)(C)OC(=O)NCCNC(=O)c1ccccc1Nc1cccc(C(F)(F)F)c1.NCCNC(=O)c1ccccc1Nc1cccc(C(F)(F)F)c1. The van der Waals surface area contributed by atoms with Crippen LogP contribution >= 0.6 is 0 Å². The van der Waals surface area contributed by atoms with Crippen LogP contribution in [0.15, 0.2) is 97.1 Å². The summed E-state index contributed by atoms with van der Waals surface area (Å²) in [6.45, 7) is 6.14. The first-order valence-corrected chi connectivity index (χ1v) is 16.2. The van der Waals surface area contributed by atoms with Crippen LogP contribution in [-0.4, -0.2) is 49.7 Å². The van der Waals surface area contributed by atoms with Crippen molar-refractivity contribution in [2.24, 2.45) is 5.73 Å². The molecule has 0 bridgehead atoms. The number of amides is 3. The van der Waals surface area contributed by atoms with Crippen molar-refractivity contribution >= 4 is 40.7 Å². The number of ether oxygens (including phenoxy) is 1. The molecule has 0 radical (unpaired) electrons. The Bertz CT molecular complexity index is 1840. The molecule has 53 heavy (non-hydrogen) atoms. The Morgan fingerprint density at radius 2 is 1.00 bits per heavy atom. The summed E-state index contributed by atoms with van der Waals surface area (Å²) in [7, 11) is 0. The summed E-state index contributed by atoms with van der Waals surface area (Å²) in [6.07, 6.45) is -9.48. The Hall–Kier alpha value is -5.77. The van der Waals surface area contributed by atoms with E-state index in [1.165, 1.54) is 24.3 Å². The molecule has 0 unspecified atom stereocenters. The van der Waals surface area contributed by atoms with E-state index in [-0.39, 0.29) is 35.9 Å². The van der Waals surface area contributed by atoms with Gasteiger partial charge in [-0.25, -0.2) is 4.79 Å². The molecule has 0 saturated carbocycles. The number of para-hydroxylation sites is 2. The Labute approximate surface area is 302 Å². The Morgan fingerprint density at radius 1 is 0.585 bits per heavy atom. The maximum absolute atomic E-state index is 12.9. The molecule has 0 aromatic heterocycles. The maximum Gasteiger partial charge on any atom is 0.416 e. The highest BCUT2D eigenvalue weighted by atomic mass is 19.4. The molecule has 4 aromatic carbocycles. The zero-order valence-electron chi connectivity index (χ0n) is 29.0. The van der Waals surface area contributed by atoms with Gasteiger partial charge in [0.05, 0.1) is 33.6 Å². The molecule has 7 N–H and O–H groups in total. The minimum absolute atomic E-state index is 0.149. The minimum Gasteiger partial charge on any atom is -0.444 e. The van der Waals surface area contributed by atoms with Crippen LogP contribution < -0.4 is 32.3 Å². The first-order chi connectivity index (χ1) is 24.9. The molecule has 3 amide bonds. The molecular formula is C37H40F6N6O4. The quantitative estimate of drug-likeness (QED) is 0.0678. The van der Waals surface area contributed by atoms with Gasteiger partial charge in [0, 0.05) is 37.6 Å². The molecule has 0 aliphatic carbocycles. The summed E-state index contributed by atoms with van der Waals surface area (Å²) in [4.78, 5) is 36.1. The van der Waals surface area contributed by atoms with E-state index in [4.69, 9.17) is 10.5 Å². The average Bonchev–Trinajstić information content (AvgIpc) is 3.08. The highest BCUT2D eigenvalue weighted by Crippen LogP contribution is 2.33. The summed E-state index contributed by atoms with van der Waals surface area (Å²) >= 11 is 0. The third kappa shape index (κ3) is 14.1. The molecule has 0 fully saturated rings. The van der Waals surface area contributed by atoms with Crippen LogP contribution in [0.2, 0.25) is 0 Å². The third-order valence-electron chi connectivity index (χ3n) is 6.79. The number of carbonyl (C=O) groups is 3. The average molecular weight is 747 g/mol. The van der Waals surface area contributed by atoms with Crippen LogP contribution in [0.1, 0.15) is 52.6 Å². The number of halogens is 6. The highest BCUT2D eigenvalue weighted by Gasteiger charge is 2.31. The van der Waals surface area contributed by atoms with Crippen molar-refractivity contribution in [3.8, 4) is 0 Å². The predicted molar refractivity (Wildman–Crippen MR) is 190 cm³/mol. The number of anilines is 4. The topological polar surface area (TPSA) is 147 Å². The number of benzene rings is 4. The van der Waals surface area contributed by atoms with Gasteiger partial charge >= 0.3 is 18.4 Å². The van der Waals surface area contributed by atoms with E-state index >= 15 is 0 Å². The van der Waals surface area contributed by atoms with Crippen LogP contribution in [0.5, 0.6) is 0 Å². The molecule has 16 heteroatoms. The Morgan fingerprint density at radius 3 is 1.42 bits per heavy atom. The number of hydrogen-bond donors (Lipinski definition) is 6. The van der Waals surface area contributed by atoms with Crippen molar-refractivity contribution in [3.63, 3.8) is 0 Å². The number of hydrogen-bond acceptors (Lipinski definition) is 7. The van der Waals surface area contributed by atoms with Crippen molar-refractivity contribution in [2.45, 2.75) is 38.7 Å². The summed E-state index contributed by atoms with van der Waals surface area (Å²) in [5.74, 6) is -0.776. The highest BCUT2D eigenvalue weighted by molar-refractivity contribution is 6.01. The molecule has 0 spiro atoms. The minimum atomic E-state index is -4.46. The van der Waals surface area contributed by atoms with Crippen molar-refractivity contribution in [3.05, 3.63) is 119 Å². The first kappa shape index (κ1) is 41.6. The molecule has 4 aromatic rings. The van der Waals surface area contributed by atoms with Gasteiger partial charge in [-0.05, 0) is 81.4 Å². The van der Waals surface area contributed by atoms with Gasteiger partial charge in [0.25, 0.3) is 11.8 Å². The molecule has 0 aliphatic heterocycles. The van der Waals surface area contributed by atoms with Gasteiger partial charge in [0.15, 0.2) is 0 Å². The predicted octanol–water partition coefficient (Wildman–Crippen LogP) is 7.84. The monoisotopic (exact) mass is 746 g/mol. The van der Waals surface area contributed by atoms with E-state index in [9.17, 15) is 40.7 Å². The number of nitrogens with two attached hydrogens (primary N) is 1. The zero-order chi connectivity index (χ0) is 39.2. The van der Waals surface area contributed by atoms with Gasteiger partial charge in [0.1, 0.15) is 5.60 Å². The van der Waals surface area contributed by atoms with E-state index < -0.39 is 41.1 Å². The number of alkyl carbamates (subject to hydrolysis) is 1. The van der Waals surface area contributed by atoms with Crippen molar-refractivity contribution in [2.75, 3.05) is 36.8 Å². The van der Waals surface area contributed by atoms with E-state index in [0.29, 0.717) is 30.0 Å². The van der Waals surface area contributed by atoms with Crippen LogP contribution in [-0.2, 0) is 17.1 Å². The zero-order valence-corrected chi connectivity index (χ0v) is 29.0. The van der Waals surface area contributed by atoms with Gasteiger partial charge in [-0.3, -0.25) is 9.59 Å². The summed E-state index contributed by atoms with van der Waals surface area (Å²) < 4.78 is 82.1. The van der Waals surface area contributed by atoms with Crippen LogP contribution in [0.25, 0.3) is 0 Å². The second kappa shape index (κ2) is 18.6. The Kier molecular flexibility index (Phi) is 14.6. The standard InChI is InChI=1S/C21H24F3N3O3.C16H16F3N3O/c1-20(2,3)30-19(29)26-12-11-25-18(28)16-9-4-5-10-17(16)27-15-8-6-7-14(13-15)21(22,23)24;17-16(18,19)11-4-3-5-12(10-11)22-14-7-2-1-6-13(14)15(23)21-9-8-20/h4-10,13,27H,11-12H2,1-3H3,(H,25,28)(H,26,29);1-7,10,22H,8-9,20H2,(H,21,23). The van der Waals surface area contributed by atoms with E-state index in [2.05, 4.69) is 26.6 Å². The fraction of sp³-hybridized carbons (Fsp3) is 0.270. The van der Waals surface area contributed by atoms with Gasteiger partial charge in [0.2, 0.25) is 0 Å². The second-order valence-electron chi connectivity index (χ2n) is 12.2. The van der Waals surface area contributed by atoms with E-state index in [0.717, 1.165) is 24.3 Å². The van der Waals surface area contributed by atoms with Crippen LogP contribution in [0, 0.1) is 0 Å². The lowest BCUT2D eigenvalue weighted by atomic mass is 10.1. The van der Waals surface area contributed by atoms with Crippen molar-refractivity contribution in [1.82, 2.24) is 16.0 Å². The lowest BCUT2D eigenvalue weighted by molar-refractivity contribution is -0.138. The number of carbonyl (C=O) groups excluding carboxylic acids is 3. The summed E-state index contributed by atoms with van der Waals surface area (Å²) in [5, 5.41) is 13.5.